The normalized spacial score (nSPS) is 23.7. The predicted octanol–water partition coefficient (Wildman–Crippen LogP) is 3.54. The lowest BCUT2D eigenvalue weighted by molar-refractivity contribution is 0.141. The molecule has 2 rings (SSSR count). The molecule has 1 unspecified atom stereocenters. The highest BCUT2D eigenvalue weighted by atomic mass is 35.5. The average molecular weight is 247 g/mol. The molecule has 1 heterocycles. The Hall–Kier alpha value is -0.250. The molecule has 1 N–H and O–H groups in total. The van der Waals surface area contributed by atoms with Gasteiger partial charge in [-0.15, -0.1) is 11.8 Å². The minimum atomic E-state index is -0.593. The minimum absolute atomic E-state index is 0.148. The number of aliphatic hydroxyl groups excluding tert-OH is 1. The van der Waals surface area contributed by atoms with Crippen molar-refractivity contribution >= 4 is 23.4 Å². The van der Waals surface area contributed by atoms with Crippen LogP contribution in [0.3, 0.4) is 0 Å². The van der Waals surface area contributed by atoms with Crippen LogP contribution >= 0.6 is 23.4 Å². The number of thioether (sulfide) groups is 1. The maximum absolute atomic E-state index is 13.2. The van der Waals surface area contributed by atoms with E-state index >= 15 is 0 Å². The Bertz CT molecular complexity index is 406. The largest absolute Gasteiger partial charge is 0.387 e. The van der Waals surface area contributed by atoms with Gasteiger partial charge < -0.3 is 5.11 Å². The minimum Gasteiger partial charge on any atom is -0.387 e. The molecule has 1 aromatic carbocycles. The summed E-state index contributed by atoms with van der Waals surface area (Å²) >= 11 is 7.46. The van der Waals surface area contributed by atoms with Crippen molar-refractivity contribution < 1.29 is 9.50 Å². The van der Waals surface area contributed by atoms with Crippen LogP contribution in [0.1, 0.15) is 31.1 Å². The van der Waals surface area contributed by atoms with E-state index in [0.717, 1.165) is 11.1 Å². The molecule has 15 heavy (non-hydrogen) atoms. The number of hydrogen-bond donors (Lipinski definition) is 1. The van der Waals surface area contributed by atoms with Crippen molar-refractivity contribution in [1.82, 2.24) is 0 Å². The second-order valence-corrected chi connectivity index (χ2v) is 6.23. The summed E-state index contributed by atoms with van der Waals surface area (Å²) < 4.78 is 13.0. The smallest absolute Gasteiger partial charge is 0.142 e. The molecule has 82 valence electrons. The van der Waals surface area contributed by atoms with Crippen molar-refractivity contribution in [3.8, 4) is 0 Å². The summed E-state index contributed by atoms with van der Waals surface area (Å²) in [6, 6.07) is 2.94. The molecule has 1 aliphatic heterocycles. The van der Waals surface area contributed by atoms with E-state index in [0.29, 0.717) is 5.75 Å². The van der Waals surface area contributed by atoms with Gasteiger partial charge in [-0.05, 0) is 31.0 Å². The molecular formula is C11H12ClFOS. The molecule has 0 amide bonds. The first-order valence-corrected chi connectivity index (χ1v) is 6.08. The van der Waals surface area contributed by atoms with Crippen LogP contribution in [0.25, 0.3) is 0 Å². The van der Waals surface area contributed by atoms with Crippen LogP contribution in [-0.2, 0) is 5.75 Å². The summed E-state index contributed by atoms with van der Waals surface area (Å²) in [4.78, 5) is 0. The lowest BCUT2D eigenvalue weighted by Gasteiger charge is -2.36. The van der Waals surface area contributed by atoms with E-state index in [-0.39, 0.29) is 9.77 Å². The zero-order valence-corrected chi connectivity index (χ0v) is 10.1. The van der Waals surface area contributed by atoms with Gasteiger partial charge in [0.05, 0.1) is 11.1 Å². The van der Waals surface area contributed by atoms with Gasteiger partial charge in [-0.3, -0.25) is 0 Å². The monoisotopic (exact) mass is 246 g/mol. The summed E-state index contributed by atoms with van der Waals surface area (Å²) in [6.45, 7) is 3.95. The van der Waals surface area contributed by atoms with E-state index in [1.165, 1.54) is 6.07 Å². The fourth-order valence-electron chi connectivity index (χ4n) is 1.72. The van der Waals surface area contributed by atoms with E-state index in [2.05, 4.69) is 0 Å². The first-order valence-electron chi connectivity index (χ1n) is 4.72. The molecule has 0 aromatic heterocycles. The summed E-state index contributed by atoms with van der Waals surface area (Å²) in [5, 5.41) is 10.3. The molecule has 0 fully saturated rings. The SMILES string of the molecule is CC1(C)SCc2c(ccc(F)c2Cl)C1O. The Kier molecular flexibility index (Phi) is 2.73. The van der Waals surface area contributed by atoms with Crippen LogP contribution < -0.4 is 0 Å². The van der Waals surface area contributed by atoms with Crippen LogP contribution in [-0.4, -0.2) is 9.85 Å². The van der Waals surface area contributed by atoms with Gasteiger partial charge >= 0.3 is 0 Å². The number of aliphatic hydroxyl groups is 1. The number of halogens is 2. The molecular weight excluding hydrogens is 235 g/mol. The lowest BCUT2D eigenvalue weighted by atomic mass is 9.94. The third-order valence-electron chi connectivity index (χ3n) is 2.77. The van der Waals surface area contributed by atoms with Crippen LogP contribution in [0.2, 0.25) is 5.02 Å². The number of hydrogen-bond acceptors (Lipinski definition) is 2. The topological polar surface area (TPSA) is 20.2 Å². The van der Waals surface area contributed by atoms with Gasteiger partial charge in [0, 0.05) is 10.5 Å². The molecule has 1 aromatic rings. The Balaban J connectivity index is 2.55. The highest BCUT2D eigenvalue weighted by molar-refractivity contribution is 7.99. The third kappa shape index (κ3) is 1.77. The van der Waals surface area contributed by atoms with Crippen LogP contribution in [0.5, 0.6) is 0 Å². The van der Waals surface area contributed by atoms with E-state index in [1.54, 1.807) is 17.8 Å². The maximum Gasteiger partial charge on any atom is 0.142 e. The quantitative estimate of drug-likeness (QED) is 0.756. The molecule has 4 heteroatoms. The van der Waals surface area contributed by atoms with Gasteiger partial charge in [0.1, 0.15) is 5.82 Å². The van der Waals surface area contributed by atoms with Gasteiger partial charge in [0.2, 0.25) is 0 Å². The molecule has 1 aliphatic rings. The molecule has 1 atom stereocenters. The van der Waals surface area contributed by atoms with Gasteiger partial charge in [0.15, 0.2) is 0 Å². The number of fused-ring (bicyclic) bond motifs is 1. The first-order chi connectivity index (χ1) is 6.93. The van der Waals surface area contributed by atoms with Gasteiger partial charge in [-0.1, -0.05) is 17.7 Å². The lowest BCUT2D eigenvalue weighted by Crippen LogP contribution is -2.30. The molecule has 0 saturated carbocycles. The molecule has 0 bridgehead atoms. The van der Waals surface area contributed by atoms with Crippen molar-refractivity contribution in [2.45, 2.75) is 30.5 Å². The van der Waals surface area contributed by atoms with Crippen molar-refractivity contribution in [2.24, 2.45) is 0 Å². The van der Waals surface area contributed by atoms with Crippen molar-refractivity contribution in [3.05, 3.63) is 34.1 Å². The average Bonchev–Trinajstić information content (AvgIpc) is 2.17. The van der Waals surface area contributed by atoms with Crippen LogP contribution in [0.4, 0.5) is 4.39 Å². The van der Waals surface area contributed by atoms with E-state index < -0.39 is 11.9 Å². The zero-order chi connectivity index (χ0) is 11.2. The highest BCUT2D eigenvalue weighted by Crippen LogP contribution is 2.47. The Morgan fingerprint density at radius 3 is 2.87 bits per heavy atom. The second kappa shape index (κ2) is 3.65. The predicted molar refractivity (Wildman–Crippen MR) is 61.7 cm³/mol. The molecule has 0 saturated heterocycles. The first kappa shape index (κ1) is 11.2. The number of benzene rings is 1. The Morgan fingerprint density at radius 2 is 2.20 bits per heavy atom. The standard InChI is InChI=1S/C11H12ClFOS/c1-11(2)10(14)6-3-4-8(13)9(12)7(6)5-15-11/h3-4,10,14H,5H2,1-2H3. The number of rotatable bonds is 0. The summed E-state index contributed by atoms with van der Waals surface area (Å²) in [5.41, 5.74) is 1.48. The molecule has 1 nitrogen and oxygen atoms in total. The van der Waals surface area contributed by atoms with E-state index in [4.69, 9.17) is 11.6 Å². The summed E-state index contributed by atoms with van der Waals surface area (Å²) in [6.07, 6.45) is -0.593. The molecule has 0 radical (unpaired) electrons. The maximum atomic E-state index is 13.2. The Morgan fingerprint density at radius 1 is 1.53 bits per heavy atom. The highest BCUT2D eigenvalue weighted by Gasteiger charge is 2.36. The zero-order valence-electron chi connectivity index (χ0n) is 8.55. The van der Waals surface area contributed by atoms with Gasteiger partial charge in [0.25, 0.3) is 0 Å². The summed E-state index contributed by atoms with van der Waals surface area (Å²) in [7, 11) is 0. The Labute approximate surface area is 97.6 Å². The van der Waals surface area contributed by atoms with Crippen molar-refractivity contribution in [1.29, 1.82) is 0 Å². The van der Waals surface area contributed by atoms with Gasteiger partial charge in [-0.2, -0.15) is 0 Å². The summed E-state index contributed by atoms with van der Waals surface area (Å²) in [5.74, 6) is 0.235. The second-order valence-electron chi connectivity index (χ2n) is 4.22. The van der Waals surface area contributed by atoms with E-state index in [1.807, 2.05) is 13.8 Å². The van der Waals surface area contributed by atoms with Crippen LogP contribution in [0, 0.1) is 5.82 Å². The fraction of sp³-hybridized carbons (Fsp3) is 0.455. The van der Waals surface area contributed by atoms with Crippen LogP contribution in [0.15, 0.2) is 12.1 Å². The van der Waals surface area contributed by atoms with E-state index in [9.17, 15) is 9.50 Å². The van der Waals surface area contributed by atoms with Crippen molar-refractivity contribution in [2.75, 3.05) is 0 Å². The fourth-order valence-corrected chi connectivity index (χ4v) is 3.15. The molecule has 0 spiro atoms. The van der Waals surface area contributed by atoms with Gasteiger partial charge in [-0.25, -0.2) is 4.39 Å². The molecule has 0 aliphatic carbocycles. The van der Waals surface area contributed by atoms with Crippen molar-refractivity contribution in [3.63, 3.8) is 0 Å². The third-order valence-corrected chi connectivity index (χ3v) is 4.58.